The summed E-state index contributed by atoms with van der Waals surface area (Å²) in [7, 11) is 0. The third-order valence-corrected chi connectivity index (χ3v) is 6.63. The standard InChI is InChI=1S/C24H27FN4O2S/c1-17-9-8-10-18(2)28(17)23(30)16-32-24-27-26-22(29(24)19-11-4-3-5-12-19)15-31-21-14-7-6-13-20(21)25/h3-7,11-14,17-18H,8-10,15-16H2,1-2H3. The van der Waals surface area contributed by atoms with Gasteiger partial charge in [-0.3, -0.25) is 9.36 Å². The van der Waals surface area contributed by atoms with E-state index in [0.717, 1.165) is 24.9 Å². The summed E-state index contributed by atoms with van der Waals surface area (Å²) in [5.74, 6) is 0.666. The molecule has 1 amide bonds. The van der Waals surface area contributed by atoms with E-state index in [9.17, 15) is 9.18 Å². The zero-order valence-corrected chi connectivity index (χ0v) is 19.1. The molecule has 0 spiro atoms. The fourth-order valence-electron chi connectivity index (χ4n) is 4.14. The van der Waals surface area contributed by atoms with Gasteiger partial charge in [0.15, 0.2) is 22.5 Å². The minimum Gasteiger partial charge on any atom is -0.483 e. The smallest absolute Gasteiger partial charge is 0.233 e. The summed E-state index contributed by atoms with van der Waals surface area (Å²) in [6, 6.07) is 16.4. The second kappa shape index (κ2) is 10.2. The van der Waals surface area contributed by atoms with Gasteiger partial charge in [0.1, 0.15) is 6.61 Å². The van der Waals surface area contributed by atoms with E-state index in [4.69, 9.17) is 4.74 Å². The van der Waals surface area contributed by atoms with E-state index < -0.39 is 5.82 Å². The van der Waals surface area contributed by atoms with Gasteiger partial charge in [-0.05, 0) is 57.4 Å². The van der Waals surface area contributed by atoms with Gasteiger partial charge in [0.05, 0.1) is 5.75 Å². The van der Waals surface area contributed by atoms with E-state index in [1.807, 2.05) is 39.8 Å². The van der Waals surface area contributed by atoms with Crippen molar-refractivity contribution in [1.82, 2.24) is 19.7 Å². The predicted octanol–water partition coefficient (Wildman–Crippen LogP) is 4.87. The molecule has 0 aliphatic carbocycles. The molecule has 4 rings (SSSR count). The van der Waals surface area contributed by atoms with Crippen molar-refractivity contribution in [2.24, 2.45) is 0 Å². The summed E-state index contributed by atoms with van der Waals surface area (Å²) in [5, 5.41) is 9.20. The molecule has 0 bridgehead atoms. The lowest BCUT2D eigenvalue weighted by molar-refractivity contribution is -0.134. The maximum atomic E-state index is 14.0. The molecule has 2 aromatic carbocycles. The maximum absolute atomic E-state index is 14.0. The third kappa shape index (κ3) is 4.96. The highest BCUT2D eigenvalue weighted by Gasteiger charge is 2.29. The Bertz CT molecular complexity index is 1050. The molecule has 8 heteroatoms. The van der Waals surface area contributed by atoms with Crippen LogP contribution in [0.3, 0.4) is 0 Å². The Morgan fingerprint density at radius 3 is 2.47 bits per heavy atom. The van der Waals surface area contributed by atoms with Gasteiger partial charge in [-0.25, -0.2) is 4.39 Å². The average molecular weight is 455 g/mol. The van der Waals surface area contributed by atoms with Gasteiger partial charge in [0.25, 0.3) is 0 Å². The van der Waals surface area contributed by atoms with E-state index in [-0.39, 0.29) is 36.1 Å². The number of benzene rings is 2. The summed E-state index contributed by atoms with van der Waals surface area (Å²) in [6.07, 6.45) is 3.24. The number of hydrogen-bond acceptors (Lipinski definition) is 5. The van der Waals surface area contributed by atoms with Crippen LogP contribution in [0.15, 0.2) is 59.8 Å². The van der Waals surface area contributed by atoms with Gasteiger partial charge in [-0.1, -0.05) is 42.1 Å². The van der Waals surface area contributed by atoms with Crippen molar-refractivity contribution in [2.45, 2.75) is 57.0 Å². The molecule has 2 atom stereocenters. The molecule has 1 saturated heterocycles. The summed E-state index contributed by atoms with van der Waals surface area (Å²) in [6.45, 7) is 4.28. The Labute approximate surface area is 191 Å². The molecule has 1 fully saturated rings. The zero-order chi connectivity index (χ0) is 22.5. The molecule has 2 unspecified atom stereocenters. The first kappa shape index (κ1) is 22.3. The minimum absolute atomic E-state index is 0.0531. The normalized spacial score (nSPS) is 18.5. The Morgan fingerprint density at radius 1 is 1.06 bits per heavy atom. The summed E-state index contributed by atoms with van der Waals surface area (Å²) >= 11 is 1.36. The number of thioether (sulfide) groups is 1. The van der Waals surface area contributed by atoms with Crippen LogP contribution in [-0.4, -0.2) is 43.4 Å². The van der Waals surface area contributed by atoms with Gasteiger partial charge in [-0.15, -0.1) is 10.2 Å². The summed E-state index contributed by atoms with van der Waals surface area (Å²) < 4.78 is 21.5. The average Bonchev–Trinajstić information content (AvgIpc) is 3.20. The lowest BCUT2D eigenvalue weighted by atomic mass is 9.98. The Hall–Kier alpha value is -2.87. The molecule has 6 nitrogen and oxygen atoms in total. The summed E-state index contributed by atoms with van der Waals surface area (Å²) in [4.78, 5) is 15.0. The maximum Gasteiger partial charge on any atom is 0.233 e. The van der Waals surface area contributed by atoms with Gasteiger partial charge >= 0.3 is 0 Å². The van der Waals surface area contributed by atoms with Crippen LogP contribution in [0.4, 0.5) is 4.39 Å². The Balaban J connectivity index is 1.53. The quantitative estimate of drug-likeness (QED) is 0.477. The molecule has 0 radical (unpaired) electrons. The van der Waals surface area contributed by atoms with E-state index in [0.29, 0.717) is 11.0 Å². The van der Waals surface area contributed by atoms with Crippen LogP contribution in [0.1, 0.15) is 38.9 Å². The number of amides is 1. The van der Waals surface area contributed by atoms with Crippen LogP contribution in [0.2, 0.25) is 0 Å². The minimum atomic E-state index is -0.428. The second-order valence-corrected chi connectivity index (χ2v) is 8.95. The van der Waals surface area contributed by atoms with Crippen molar-refractivity contribution in [3.63, 3.8) is 0 Å². The number of para-hydroxylation sites is 2. The van der Waals surface area contributed by atoms with Crippen LogP contribution in [0.5, 0.6) is 5.75 Å². The molecule has 2 heterocycles. The number of rotatable bonds is 7. The number of likely N-dealkylation sites (tertiary alicyclic amines) is 1. The molecule has 32 heavy (non-hydrogen) atoms. The van der Waals surface area contributed by atoms with Crippen LogP contribution in [-0.2, 0) is 11.4 Å². The topological polar surface area (TPSA) is 60.3 Å². The van der Waals surface area contributed by atoms with Gasteiger partial charge in [-0.2, -0.15) is 0 Å². The fourth-order valence-corrected chi connectivity index (χ4v) is 4.98. The third-order valence-electron chi connectivity index (χ3n) is 5.71. The second-order valence-electron chi connectivity index (χ2n) is 8.01. The Morgan fingerprint density at radius 2 is 1.75 bits per heavy atom. The van der Waals surface area contributed by atoms with Crippen molar-refractivity contribution in [3.8, 4) is 11.4 Å². The molecule has 0 saturated carbocycles. The number of piperidine rings is 1. The highest BCUT2D eigenvalue weighted by Crippen LogP contribution is 2.27. The van der Waals surface area contributed by atoms with Crippen molar-refractivity contribution >= 4 is 17.7 Å². The fraction of sp³-hybridized carbons (Fsp3) is 0.375. The molecular formula is C24H27FN4O2S. The van der Waals surface area contributed by atoms with Crippen molar-refractivity contribution in [1.29, 1.82) is 0 Å². The van der Waals surface area contributed by atoms with Crippen LogP contribution >= 0.6 is 11.8 Å². The monoisotopic (exact) mass is 454 g/mol. The highest BCUT2D eigenvalue weighted by atomic mass is 32.2. The number of carbonyl (C=O) groups excluding carboxylic acids is 1. The predicted molar refractivity (Wildman–Crippen MR) is 122 cm³/mol. The first-order chi connectivity index (χ1) is 15.5. The number of aromatic nitrogens is 3. The van der Waals surface area contributed by atoms with Gasteiger partial charge in [0.2, 0.25) is 5.91 Å². The van der Waals surface area contributed by atoms with Crippen LogP contribution in [0.25, 0.3) is 5.69 Å². The molecule has 0 N–H and O–H groups in total. The molecule has 1 aliphatic heterocycles. The first-order valence-corrected chi connectivity index (χ1v) is 11.8. The molecular weight excluding hydrogens is 427 g/mol. The van der Waals surface area contributed by atoms with E-state index >= 15 is 0 Å². The van der Waals surface area contributed by atoms with Crippen LogP contribution in [0, 0.1) is 5.82 Å². The number of ether oxygens (including phenoxy) is 1. The van der Waals surface area contributed by atoms with Gasteiger partial charge < -0.3 is 9.64 Å². The zero-order valence-electron chi connectivity index (χ0n) is 18.3. The lowest BCUT2D eigenvalue weighted by Gasteiger charge is -2.39. The number of hydrogen-bond donors (Lipinski definition) is 0. The van der Waals surface area contributed by atoms with Crippen molar-refractivity contribution in [2.75, 3.05) is 5.75 Å². The van der Waals surface area contributed by atoms with Crippen molar-refractivity contribution < 1.29 is 13.9 Å². The molecule has 1 aromatic heterocycles. The van der Waals surface area contributed by atoms with Crippen LogP contribution < -0.4 is 4.74 Å². The van der Waals surface area contributed by atoms with Gasteiger partial charge in [0, 0.05) is 17.8 Å². The number of nitrogens with zero attached hydrogens (tertiary/aromatic N) is 4. The largest absolute Gasteiger partial charge is 0.483 e. The van der Waals surface area contributed by atoms with Crippen molar-refractivity contribution in [3.05, 3.63) is 66.2 Å². The number of carbonyl (C=O) groups is 1. The first-order valence-electron chi connectivity index (χ1n) is 10.9. The molecule has 3 aromatic rings. The van der Waals surface area contributed by atoms with E-state index in [1.54, 1.807) is 18.2 Å². The SMILES string of the molecule is CC1CCCC(C)N1C(=O)CSc1nnc(COc2ccccc2F)n1-c1ccccc1. The summed E-state index contributed by atoms with van der Waals surface area (Å²) in [5.41, 5.74) is 0.860. The number of halogens is 1. The van der Waals surface area contributed by atoms with E-state index in [1.165, 1.54) is 17.8 Å². The molecule has 168 valence electrons. The van der Waals surface area contributed by atoms with E-state index in [2.05, 4.69) is 24.0 Å². The lowest BCUT2D eigenvalue weighted by Crippen LogP contribution is -2.48. The highest BCUT2D eigenvalue weighted by molar-refractivity contribution is 7.99. The Kier molecular flexibility index (Phi) is 7.09. The molecule has 1 aliphatic rings.